The third-order valence-corrected chi connectivity index (χ3v) is 4.42. The summed E-state index contributed by atoms with van der Waals surface area (Å²) in [5, 5.41) is 3.33. The summed E-state index contributed by atoms with van der Waals surface area (Å²) in [5.74, 6) is 2.55. The van der Waals surface area contributed by atoms with Crippen molar-refractivity contribution in [2.45, 2.75) is 43.8 Å². The second-order valence-corrected chi connectivity index (χ2v) is 6.54. The molecule has 1 N–H and O–H groups in total. The first-order valence-electron chi connectivity index (χ1n) is 7.60. The highest BCUT2D eigenvalue weighted by Gasteiger charge is 2.01. The number of hydrogen-bond donors (Lipinski definition) is 1. The van der Waals surface area contributed by atoms with E-state index in [1.165, 1.54) is 16.0 Å². The molecule has 0 saturated heterocycles. The van der Waals surface area contributed by atoms with Crippen molar-refractivity contribution in [1.82, 2.24) is 4.98 Å². The Hall–Kier alpha value is -1.48. The standard InChI is InChI=1S/C18H24N2S/c1-4-10-19-18-12-15(9-11-20-18)13-21-17-7-5-16(6-8-17)14(2)3/h5-9,11-12,14H,4,10,13H2,1-3H3,(H,19,20). The van der Waals surface area contributed by atoms with Crippen molar-refractivity contribution in [3.8, 4) is 0 Å². The van der Waals surface area contributed by atoms with Crippen molar-refractivity contribution in [1.29, 1.82) is 0 Å². The molecule has 21 heavy (non-hydrogen) atoms. The minimum Gasteiger partial charge on any atom is -0.370 e. The van der Waals surface area contributed by atoms with E-state index in [1.807, 2.05) is 18.0 Å². The summed E-state index contributed by atoms with van der Waals surface area (Å²) in [4.78, 5) is 5.66. The molecule has 0 aliphatic heterocycles. The third-order valence-electron chi connectivity index (χ3n) is 3.33. The maximum atomic E-state index is 4.34. The molecule has 0 aliphatic rings. The zero-order valence-electron chi connectivity index (χ0n) is 13.1. The molecule has 0 spiro atoms. The Morgan fingerprint density at radius 2 is 1.90 bits per heavy atom. The summed E-state index contributed by atoms with van der Waals surface area (Å²) in [6, 6.07) is 13.1. The number of pyridine rings is 1. The van der Waals surface area contributed by atoms with E-state index < -0.39 is 0 Å². The summed E-state index contributed by atoms with van der Waals surface area (Å²) in [6.45, 7) is 7.59. The van der Waals surface area contributed by atoms with Crippen molar-refractivity contribution in [3.05, 3.63) is 53.7 Å². The highest BCUT2D eigenvalue weighted by Crippen LogP contribution is 2.25. The minimum atomic E-state index is 0.594. The quantitative estimate of drug-likeness (QED) is 0.701. The van der Waals surface area contributed by atoms with Gasteiger partial charge >= 0.3 is 0 Å². The van der Waals surface area contributed by atoms with Crippen LogP contribution in [0, 0.1) is 0 Å². The van der Waals surface area contributed by atoms with Gasteiger partial charge in [-0.25, -0.2) is 4.98 Å². The van der Waals surface area contributed by atoms with Crippen molar-refractivity contribution >= 4 is 17.6 Å². The van der Waals surface area contributed by atoms with Gasteiger partial charge < -0.3 is 5.32 Å². The zero-order chi connectivity index (χ0) is 15.1. The molecular formula is C18H24N2S. The highest BCUT2D eigenvalue weighted by molar-refractivity contribution is 7.98. The second-order valence-electron chi connectivity index (χ2n) is 5.49. The number of hydrogen-bond acceptors (Lipinski definition) is 3. The molecule has 2 rings (SSSR count). The van der Waals surface area contributed by atoms with Crippen molar-refractivity contribution < 1.29 is 0 Å². The molecule has 0 amide bonds. The lowest BCUT2D eigenvalue weighted by Gasteiger charge is -2.08. The lowest BCUT2D eigenvalue weighted by molar-refractivity contribution is 0.865. The number of anilines is 1. The third kappa shape index (κ3) is 5.09. The first-order chi connectivity index (χ1) is 10.2. The van der Waals surface area contributed by atoms with E-state index in [9.17, 15) is 0 Å². The molecule has 0 saturated carbocycles. The van der Waals surface area contributed by atoms with Gasteiger partial charge in [0.1, 0.15) is 5.82 Å². The van der Waals surface area contributed by atoms with Crippen LogP contribution >= 0.6 is 11.8 Å². The van der Waals surface area contributed by atoms with Crippen LogP contribution in [-0.4, -0.2) is 11.5 Å². The van der Waals surface area contributed by atoms with Crippen LogP contribution in [0.15, 0.2) is 47.5 Å². The fraction of sp³-hybridized carbons (Fsp3) is 0.389. The monoisotopic (exact) mass is 300 g/mol. The highest BCUT2D eigenvalue weighted by atomic mass is 32.2. The van der Waals surface area contributed by atoms with Gasteiger partial charge in [0.2, 0.25) is 0 Å². The molecule has 0 bridgehead atoms. The Labute approximate surface area is 132 Å². The number of aromatic nitrogens is 1. The lowest BCUT2D eigenvalue weighted by Crippen LogP contribution is -2.01. The molecule has 1 aromatic carbocycles. The summed E-state index contributed by atoms with van der Waals surface area (Å²) in [5.41, 5.74) is 2.70. The van der Waals surface area contributed by atoms with Gasteiger partial charge in [0.25, 0.3) is 0 Å². The molecule has 3 heteroatoms. The zero-order valence-corrected chi connectivity index (χ0v) is 13.9. The lowest BCUT2D eigenvalue weighted by atomic mass is 10.0. The first kappa shape index (κ1) is 15.9. The predicted molar refractivity (Wildman–Crippen MR) is 93.1 cm³/mol. The second kappa shape index (κ2) is 8.08. The van der Waals surface area contributed by atoms with Gasteiger partial charge in [-0.3, -0.25) is 0 Å². The largest absolute Gasteiger partial charge is 0.370 e. The SMILES string of the molecule is CCCNc1cc(CSc2ccc(C(C)C)cc2)ccn1. The first-order valence-corrected chi connectivity index (χ1v) is 8.59. The van der Waals surface area contributed by atoms with Crippen LogP contribution in [-0.2, 0) is 5.75 Å². The van der Waals surface area contributed by atoms with Crippen LogP contribution in [0.2, 0.25) is 0 Å². The molecule has 1 heterocycles. The van der Waals surface area contributed by atoms with E-state index in [0.29, 0.717) is 5.92 Å². The van der Waals surface area contributed by atoms with Crippen LogP contribution in [0.5, 0.6) is 0 Å². The van der Waals surface area contributed by atoms with E-state index >= 15 is 0 Å². The molecule has 1 aromatic heterocycles. The Kier molecular flexibility index (Phi) is 6.12. The van der Waals surface area contributed by atoms with Gasteiger partial charge in [0, 0.05) is 23.4 Å². The fourth-order valence-electron chi connectivity index (χ4n) is 2.03. The Balaban J connectivity index is 1.93. The van der Waals surface area contributed by atoms with E-state index in [0.717, 1.165) is 24.5 Å². The minimum absolute atomic E-state index is 0.594. The number of nitrogens with zero attached hydrogens (tertiary/aromatic N) is 1. The van der Waals surface area contributed by atoms with E-state index in [1.54, 1.807) is 0 Å². The Bertz CT molecular complexity index is 549. The van der Waals surface area contributed by atoms with Gasteiger partial charge in [-0.1, -0.05) is 32.9 Å². The average Bonchev–Trinajstić information content (AvgIpc) is 2.52. The van der Waals surface area contributed by atoms with E-state index in [4.69, 9.17) is 0 Å². The molecule has 0 radical (unpaired) electrons. The molecular weight excluding hydrogens is 276 g/mol. The summed E-state index contributed by atoms with van der Waals surface area (Å²) < 4.78 is 0. The normalized spacial score (nSPS) is 10.9. The summed E-state index contributed by atoms with van der Waals surface area (Å²) >= 11 is 1.87. The van der Waals surface area contributed by atoms with Gasteiger partial charge in [0.15, 0.2) is 0 Å². The van der Waals surface area contributed by atoms with Crippen LogP contribution < -0.4 is 5.32 Å². The summed E-state index contributed by atoms with van der Waals surface area (Å²) in [6.07, 6.45) is 3.00. The van der Waals surface area contributed by atoms with Crippen LogP contribution in [0.4, 0.5) is 5.82 Å². The van der Waals surface area contributed by atoms with Crippen molar-refractivity contribution in [2.24, 2.45) is 0 Å². The Morgan fingerprint density at radius 1 is 1.14 bits per heavy atom. The smallest absolute Gasteiger partial charge is 0.126 e. The molecule has 0 fully saturated rings. The van der Waals surface area contributed by atoms with Crippen molar-refractivity contribution in [2.75, 3.05) is 11.9 Å². The van der Waals surface area contributed by atoms with E-state index in [-0.39, 0.29) is 0 Å². The number of thioether (sulfide) groups is 1. The molecule has 112 valence electrons. The van der Waals surface area contributed by atoms with Gasteiger partial charge in [-0.2, -0.15) is 0 Å². The van der Waals surface area contributed by atoms with Crippen molar-refractivity contribution in [3.63, 3.8) is 0 Å². The fourth-order valence-corrected chi connectivity index (χ4v) is 2.87. The van der Waals surface area contributed by atoms with Crippen LogP contribution in [0.25, 0.3) is 0 Å². The number of rotatable bonds is 7. The summed E-state index contributed by atoms with van der Waals surface area (Å²) in [7, 11) is 0. The molecule has 0 atom stereocenters. The van der Waals surface area contributed by atoms with Gasteiger partial charge in [-0.15, -0.1) is 11.8 Å². The average molecular weight is 300 g/mol. The van der Waals surface area contributed by atoms with E-state index in [2.05, 4.69) is 67.5 Å². The van der Waals surface area contributed by atoms with Crippen LogP contribution in [0.1, 0.15) is 44.2 Å². The number of benzene rings is 1. The molecule has 0 aliphatic carbocycles. The molecule has 2 aromatic rings. The maximum absolute atomic E-state index is 4.34. The van der Waals surface area contributed by atoms with Gasteiger partial charge in [-0.05, 0) is 47.7 Å². The van der Waals surface area contributed by atoms with Gasteiger partial charge in [0.05, 0.1) is 0 Å². The molecule has 0 unspecified atom stereocenters. The molecule has 2 nitrogen and oxygen atoms in total. The Morgan fingerprint density at radius 3 is 2.57 bits per heavy atom. The number of nitrogens with one attached hydrogen (secondary N) is 1. The topological polar surface area (TPSA) is 24.9 Å². The predicted octanol–water partition coefficient (Wildman–Crippen LogP) is 5.32. The van der Waals surface area contributed by atoms with Crippen LogP contribution in [0.3, 0.4) is 0 Å². The maximum Gasteiger partial charge on any atom is 0.126 e.